The summed E-state index contributed by atoms with van der Waals surface area (Å²) in [5, 5.41) is 8.95. The molecule has 1 unspecified atom stereocenters. The summed E-state index contributed by atoms with van der Waals surface area (Å²) in [7, 11) is 0. The molecule has 0 radical (unpaired) electrons. The molecule has 0 aliphatic heterocycles. The first kappa shape index (κ1) is 13.1. The maximum absolute atomic E-state index is 10.9. The fourth-order valence-electron chi connectivity index (χ4n) is 2.53. The third-order valence-electron chi connectivity index (χ3n) is 3.26. The number of rotatable bonds is 4. The average molecular weight is 308 g/mol. The lowest BCUT2D eigenvalue weighted by Gasteiger charge is -2.26. The second kappa shape index (κ2) is 5.55. The second-order valence-electron chi connectivity index (χ2n) is 4.36. The molecule has 18 heavy (non-hydrogen) atoms. The number of terminal acetylenes is 1. The Labute approximate surface area is 115 Å². The molecule has 4 heteroatoms. The normalized spacial score (nSPS) is 17.5. The van der Waals surface area contributed by atoms with Gasteiger partial charge in [-0.05, 0) is 30.0 Å². The molecule has 2 rings (SSSR count). The Kier molecular flexibility index (Phi) is 4.05. The lowest BCUT2D eigenvalue weighted by atomic mass is 10.1. The van der Waals surface area contributed by atoms with Gasteiger partial charge in [-0.25, -0.2) is 0 Å². The van der Waals surface area contributed by atoms with Gasteiger partial charge >= 0.3 is 5.97 Å². The SMILES string of the molecule is C#CCN(CC(=O)O)C1CCc2c(Br)cccc21. The van der Waals surface area contributed by atoms with Crippen LogP contribution in [0, 0.1) is 12.3 Å². The summed E-state index contributed by atoms with van der Waals surface area (Å²) in [5.41, 5.74) is 2.47. The number of carboxylic acid groups (broad SMARTS) is 1. The summed E-state index contributed by atoms with van der Waals surface area (Å²) in [6.45, 7) is 0.351. The lowest BCUT2D eigenvalue weighted by molar-refractivity contribution is -0.138. The molecular formula is C14H14BrNO2. The van der Waals surface area contributed by atoms with Crippen molar-refractivity contribution in [2.45, 2.75) is 18.9 Å². The Morgan fingerprint density at radius 1 is 1.61 bits per heavy atom. The van der Waals surface area contributed by atoms with Crippen LogP contribution in [-0.2, 0) is 11.2 Å². The fraction of sp³-hybridized carbons (Fsp3) is 0.357. The zero-order valence-corrected chi connectivity index (χ0v) is 11.5. The number of carbonyl (C=O) groups is 1. The molecule has 0 fully saturated rings. The Bertz CT molecular complexity index is 507. The predicted molar refractivity (Wildman–Crippen MR) is 73.2 cm³/mol. The molecule has 0 heterocycles. The van der Waals surface area contributed by atoms with E-state index >= 15 is 0 Å². The number of benzene rings is 1. The van der Waals surface area contributed by atoms with Crippen molar-refractivity contribution >= 4 is 21.9 Å². The number of carboxylic acids is 1. The fourth-order valence-corrected chi connectivity index (χ4v) is 3.11. The first-order valence-electron chi connectivity index (χ1n) is 5.80. The van der Waals surface area contributed by atoms with Crippen LogP contribution in [-0.4, -0.2) is 29.1 Å². The largest absolute Gasteiger partial charge is 0.480 e. The Morgan fingerprint density at radius 3 is 3.06 bits per heavy atom. The van der Waals surface area contributed by atoms with E-state index in [1.54, 1.807) is 0 Å². The Balaban J connectivity index is 2.28. The highest BCUT2D eigenvalue weighted by Gasteiger charge is 2.29. The van der Waals surface area contributed by atoms with Gasteiger partial charge < -0.3 is 5.11 Å². The molecule has 1 aliphatic carbocycles. The van der Waals surface area contributed by atoms with Crippen molar-refractivity contribution in [2.75, 3.05) is 13.1 Å². The van der Waals surface area contributed by atoms with Crippen LogP contribution >= 0.6 is 15.9 Å². The van der Waals surface area contributed by atoms with E-state index in [2.05, 4.69) is 27.9 Å². The van der Waals surface area contributed by atoms with Crippen molar-refractivity contribution < 1.29 is 9.90 Å². The molecule has 0 amide bonds. The monoisotopic (exact) mass is 307 g/mol. The van der Waals surface area contributed by atoms with E-state index in [-0.39, 0.29) is 12.6 Å². The molecule has 3 nitrogen and oxygen atoms in total. The highest BCUT2D eigenvalue weighted by atomic mass is 79.9. The third-order valence-corrected chi connectivity index (χ3v) is 4.00. The molecule has 1 aliphatic rings. The van der Waals surface area contributed by atoms with Crippen LogP contribution in [0.2, 0.25) is 0 Å². The maximum atomic E-state index is 10.9. The minimum Gasteiger partial charge on any atom is -0.480 e. The van der Waals surface area contributed by atoms with Crippen molar-refractivity contribution in [3.8, 4) is 12.3 Å². The summed E-state index contributed by atoms with van der Waals surface area (Å²) in [6.07, 6.45) is 7.21. The molecule has 1 aromatic rings. The van der Waals surface area contributed by atoms with Gasteiger partial charge in [-0.3, -0.25) is 9.69 Å². The minimum absolute atomic E-state index is 0.0131. The van der Waals surface area contributed by atoms with Gasteiger partial charge in [-0.15, -0.1) is 6.42 Å². The van der Waals surface area contributed by atoms with Crippen LogP contribution in [0.4, 0.5) is 0 Å². The topological polar surface area (TPSA) is 40.5 Å². The molecule has 0 spiro atoms. The quantitative estimate of drug-likeness (QED) is 0.869. The van der Waals surface area contributed by atoms with E-state index in [1.807, 2.05) is 17.0 Å². The van der Waals surface area contributed by atoms with E-state index in [0.29, 0.717) is 6.54 Å². The minimum atomic E-state index is -0.839. The van der Waals surface area contributed by atoms with Crippen LogP contribution in [0.15, 0.2) is 22.7 Å². The van der Waals surface area contributed by atoms with Gasteiger partial charge in [0, 0.05) is 10.5 Å². The lowest BCUT2D eigenvalue weighted by Crippen LogP contribution is -2.33. The van der Waals surface area contributed by atoms with Crippen LogP contribution in [0.25, 0.3) is 0 Å². The number of fused-ring (bicyclic) bond motifs is 1. The molecule has 0 saturated carbocycles. The summed E-state index contributed by atoms with van der Waals surface area (Å²) >= 11 is 3.54. The van der Waals surface area contributed by atoms with Crippen molar-refractivity contribution in [2.24, 2.45) is 0 Å². The molecule has 1 aromatic carbocycles. The standard InChI is InChI=1S/C14H14BrNO2/c1-2-8-16(9-14(17)18)13-7-6-10-11(13)4-3-5-12(10)15/h1,3-5,13H,6-9H2,(H,17,18). The smallest absolute Gasteiger partial charge is 0.317 e. The van der Waals surface area contributed by atoms with Crippen molar-refractivity contribution in [1.82, 2.24) is 4.90 Å². The number of hydrogen-bond donors (Lipinski definition) is 1. The summed E-state index contributed by atoms with van der Waals surface area (Å²) in [6, 6.07) is 6.17. The van der Waals surface area contributed by atoms with Gasteiger partial charge in [0.15, 0.2) is 0 Å². The third kappa shape index (κ3) is 2.58. The van der Waals surface area contributed by atoms with Gasteiger partial charge in [0.25, 0.3) is 0 Å². The summed E-state index contributed by atoms with van der Waals surface area (Å²) in [5.74, 6) is 1.71. The van der Waals surface area contributed by atoms with E-state index in [1.165, 1.54) is 11.1 Å². The first-order valence-corrected chi connectivity index (χ1v) is 6.59. The van der Waals surface area contributed by atoms with Gasteiger partial charge in [0.2, 0.25) is 0 Å². The Hall–Kier alpha value is -1.31. The predicted octanol–water partition coefficient (Wildman–Crippen LogP) is 2.46. The van der Waals surface area contributed by atoms with Crippen molar-refractivity contribution in [1.29, 1.82) is 0 Å². The summed E-state index contributed by atoms with van der Waals surface area (Å²) < 4.78 is 1.10. The first-order chi connectivity index (χ1) is 8.63. The number of nitrogens with zero attached hydrogens (tertiary/aromatic N) is 1. The molecule has 0 aromatic heterocycles. The highest BCUT2D eigenvalue weighted by Crippen LogP contribution is 2.38. The molecule has 1 atom stereocenters. The van der Waals surface area contributed by atoms with E-state index in [4.69, 9.17) is 11.5 Å². The van der Waals surface area contributed by atoms with E-state index in [0.717, 1.165) is 17.3 Å². The zero-order chi connectivity index (χ0) is 13.1. The maximum Gasteiger partial charge on any atom is 0.317 e. The molecular weight excluding hydrogens is 294 g/mol. The highest BCUT2D eigenvalue weighted by molar-refractivity contribution is 9.10. The van der Waals surface area contributed by atoms with Crippen LogP contribution in [0.5, 0.6) is 0 Å². The number of halogens is 1. The average Bonchev–Trinajstić information content (AvgIpc) is 2.73. The molecule has 0 saturated heterocycles. The Morgan fingerprint density at radius 2 is 2.39 bits per heavy atom. The van der Waals surface area contributed by atoms with Crippen molar-refractivity contribution in [3.63, 3.8) is 0 Å². The zero-order valence-electron chi connectivity index (χ0n) is 9.90. The molecule has 1 N–H and O–H groups in total. The van der Waals surface area contributed by atoms with Crippen LogP contribution in [0.1, 0.15) is 23.6 Å². The second-order valence-corrected chi connectivity index (χ2v) is 5.22. The van der Waals surface area contributed by atoms with E-state index in [9.17, 15) is 4.79 Å². The van der Waals surface area contributed by atoms with Gasteiger partial charge in [-0.2, -0.15) is 0 Å². The molecule has 94 valence electrons. The summed E-state index contributed by atoms with van der Waals surface area (Å²) in [4.78, 5) is 12.7. The number of aliphatic carboxylic acids is 1. The van der Waals surface area contributed by atoms with E-state index < -0.39 is 5.97 Å². The van der Waals surface area contributed by atoms with Crippen LogP contribution < -0.4 is 0 Å². The van der Waals surface area contributed by atoms with Crippen LogP contribution in [0.3, 0.4) is 0 Å². The van der Waals surface area contributed by atoms with Gasteiger partial charge in [0.05, 0.1) is 13.1 Å². The number of hydrogen-bond acceptors (Lipinski definition) is 2. The van der Waals surface area contributed by atoms with Crippen molar-refractivity contribution in [3.05, 3.63) is 33.8 Å². The van der Waals surface area contributed by atoms with Gasteiger partial charge in [0.1, 0.15) is 0 Å². The molecule has 0 bridgehead atoms. The van der Waals surface area contributed by atoms with Gasteiger partial charge in [-0.1, -0.05) is 34.0 Å².